The number of rotatable bonds is 7. The monoisotopic (exact) mass is 459 g/mol. The number of phenols is 1. The van der Waals surface area contributed by atoms with E-state index in [2.05, 4.69) is 11.0 Å². The fourth-order valence-electron chi connectivity index (χ4n) is 4.07. The SMILES string of the molecule is O=C(c1ccc(O)cc1)c1sc2ccccc2c1-c1ccc(OCCN2CCOCC2)cc1. The van der Waals surface area contributed by atoms with Crippen molar-refractivity contribution < 1.29 is 19.4 Å². The first-order valence-electron chi connectivity index (χ1n) is 11.1. The molecule has 0 unspecified atom stereocenters. The van der Waals surface area contributed by atoms with Crippen molar-refractivity contribution >= 4 is 27.2 Å². The van der Waals surface area contributed by atoms with Crippen LogP contribution >= 0.6 is 11.3 Å². The molecule has 168 valence electrons. The lowest BCUT2D eigenvalue weighted by molar-refractivity contribution is 0.0322. The Kier molecular flexibility index (Phi) is 6.39. The number of carbonyl (C=O) groups is 1. The van der Waals surface area contributed by atoms with E-state index in [1.807, 2.05) is 42.5 Å². The number of ether oxygens (including phenoxy) is 2. The summed E-state index contributed by atoms with van der Waals surface area (Å²) < 4.78 is 12.4. The van der Waals surface area contributed by atoms with Crippen LogP contribution in [0.15, 0.2) is 72.8 Å². The van der Waals surface area contributed by atoms with E-state index >= 15 is 0 Å². The van der Waals surface area contributed by atoms with Crippen LogP contribution in [-0.2, 0) is 4.74 Å². The molecule has 4 aromatic rings. The number of morpholine rings is 1. The number of hydrogen-bond donors (Lipinski definition) is 1. The van der Waals surface area contributed by atoms with Crippen LogP contribution in [-0.4, -0.2) is 55.2 Å². The van der Waals surface area contributed by atoms with E-state index < -0.39 is 0 Å². The molecule has 1 aliphatic heterocycles. The van der Waals surface area contributed by atoms with Gasteiger partial charge in [-0.2, -0.15) is 0 Å². The smallest absolute Gasteiger partial charge is 0.203 e. The quantitative estimate of drug-likeness (QED) is 0.384. The predicted molar refractivity (Wildman–Crippen MR) is 132 cm³/mol. The Labute approximate surface area is 196 Å². The molecule has 5 nitrogen and oxygen atoms in total. The Morgan fingerprint density at radius 1 is 0.970 bits per heavy atom. The molecule has 1 saturated heterocycles. The zero-order valence-corrected chi connectivity index (χ0v) is 19.0. The lowest BCUT2D eigenvalue weighted by atomic mass is 9.98. The standard InChI is InChI=1S/C27H25NO4S/c29-21-9-5-20(6-10-21)26(30)27-25(23-3-1-2-4-24(23)33-27)19-7-11-22(12-8-19)32-18-15-28-13-16-31-17-14-28/h1-12,29H,13-18H2. The maximum Gasteiger partial charge on any atom is 0.203 e. The highest BCUT2D eigenvalue weighted by Gasteiger charge is 2.21. The number of thiophene rings is 1. The van der Waals surface area contributed by atoms with Crippen LogP contribution in [0, 0.1) is 0 Å². The third-order valence-corrected chi connectivity index (χ3v) is 7.02. The highest BCUT2D eigenvalue weighted by atomic mass is 32.1. The van der Waals surface area contributed by atoms with Crippen molar-refractivity contribution in [1.82, 2.24) is 4.90 Å². The minimum atomic E-state index is -0.0444. The summed E-state index contributed by atoms with van der Waals surface area (Å²) in [6, 6.07) is 22.5. The maximum absolute atomic E-state index is 13.4. The molecule has 0 bridgehead atoms. The van der Waals surface area contributed by atoms with Gasteiger partial charge in [0.25, 0.3) is 0 Å². The van der Waals surface area contributed by atoms with Gasteiger partial charge >= 0.3 is 0 Å². The van der Waals surface area contributed by atoms with Gasteiger partial charge in [-0.3, -0.25) is 9.69 Å². The van der Waals surface area contributed by atoms with Crippen LogP contribution in [0.5, 0.6) is 11.5 Å². The molecule has 1 aliphatic rings. The van der Waals surface area contributed by atoms with Gasteiger partial charge in [0.05, 0.1) is 18.1 Å². The van der Waals surface area contributed by atoms with Crippen molar-refractivity contribution in [2.75, 3.05) is 39.5 Å². The first-order valence-corrected chi connectivity index (χ1v) is 11.9. The second-order valence-corrected chi connectivity index (χ2v) is 9.06. The summed E-state index contributed by atoms with van der Waals surface area (Å²) in [5, 5.41) is 10.6. The summed E-state index contributed by atoms with van der Waals surface area (Å²) >= 11 is 1.50. The summed E-state index contributed by atoms with van der Waals surface area (Å²) in [7, 11) is 0. The Bertz CT molecular complexity index is 1240. The highest BCUT2D eigenvalue weighted by Crippen LogP contribution is 2.40. The van der Waals surface area contributed by atoms with Crippen molar-refractivity contribution in [3.63, 3.8) is 0 Å². The maximum atomic E-state index is 13.4. The van der Waals surface area contributed by atoms with Gasteiger partial charge in [-0.25, -0.2) is 0 Å². The molecule has 0 amide bonds. The molecule has 0 spiro atoms. The van der Waals surface area contributed by atoms with Crippen LogP contribution in [0.25, 0.3) is 21.2 Å². The molecule has 0 aliphatic carbocycles. The van der Waals surface area contributed by atoms with Gasteiger partial charge in [-0.15, -0.1) is 11.3 Å². The Morgan fingerprint density at radius 3 is 2.45 bits per heavy atom. The predicted octanol–water partition coefficient (Wildman–Crippen LogP) is 5.22. The van der Waals surface area contributed by atoms with Crippen LogP contribution in [0.4, 0.5) is 0 Å². The van der Waals surface area contributed by atoms with Gasteiger partial charge in [0, 0.05) is 40.8 Å². The van der Waals surface area contributed by atoms with Crippen molar-refractivity contribution in [2.45, 2.75) is 0 Å². The number of aromatic hydroxyl groups is 1. The molecule has 2 heterocycles. The zero-order chi connectivity index (χ0) is 22.6. The number of fused-ring (bicyclic) bond motifs is 1. The summed E-state index contributed by atoms with van der Waals surface area (Å²) in [5.41, 5.74) is 2.48. The molecule has 1 N–H and O–H groups in total. The molecule has 1 fully saturated rings. The third kappa shape index (κ3) is 4.78. The fourth-order valence-corrected chi connectivity index (χ4v) is 5.26. The summed E-state index contributed by atoms with van der Waals surface area (Å²) in [6.45, 7) is 4.98. The number of nitrogens with zero attached hydrogens (tertiary/aromatic N) is 1. The highest BCUT2D eigenvalue weighted by molar-refractivity contribution is 7.21. The minimum Gasteiger partial charge on any atom is -0.508 e. The summed E-state index contributed by atoms with van der Waals surface area (Å²) in [4.78, 5) is 16.4. The van der Waals surface area contributed by atoms with Crippen LogP contribution < -0.4 is 4.74 Å². The topological polar surface area (TPSA) is 59.0 Å². The van der Waals surface area contributed by atoms with E-state index in [0.29, 0.717) is 17.0 Å². The Morgan fingerprint density at radius 2 is 1.70 bits per heavy atom. The summed E-state index contributed by atoms with van der Waals surface area (Å²) in [5.74, 6) is 0.919. The van der Waals surface area contributed by atoms with Gasteiger partial charge in [0.15, 0.2) is 0 Å². The normalized spacial score (nSPS) is 14.4. The van der Waals surface area contributed by atoms with Crippen molar-refractivity contribution in [3.05, 3.63) is 83.2 Å². The van der Waals surface area contributed by atoms with Crippen LogP contribution in [0.3, 0.4) is 0 Å². The van der Waals surface area contributed by atoms with Crippen LogP contribution in [0.2, 0.25) is 0 Å². The molecule has 0 radical (unpaired) electrons. The molecular formula is C27H25NO4S. The first-order chi connectivity index (χ1) is 16.2. The van der Waals surface area contributed by atoms with E-state index in [0.717, 1.165) is 59.8 Å². The van der Waals surface area contributed by atoms with E-state index in [9.17, 15) is 9.90 Å². The number of hydrogen-bond acceptors (Lipinski definition) is 6. The minimum absolute atomic E-state index is 0.0444. The van der Waals surface area contributed by atoms with E-state index in [-0.39, 0.29) is 11.5 Å². The number of ketones is 1. The second-order valence-electron chi connectivity index (χ2n) is 8.01. The van der Waals surface area contributed by atoms with Crippen molar-refractivity contribution in [3.8, 4) is 22.6 Å². The molecule has 0 atom stereocenters. The molecule has 0 saturated carbocycles. The lowest BCUT2D eigenvalue weighted by Crippen LogP contribution is -2.38. The van der Waals surface area contributed by atoms with Gasteiger partial charge in [0.2, 0.25) is 5.78 Å². The fraction of sp³-hybridized carbons (Fsp3) is 0.222. The van der Waals surface area contributed by atoms with Gasteiger partial charge in [-0.05, 0) is 48.0 Å². The van der Waals surface area contributed by atoms with Gasteiger partial charge < -0.3 is 14.6 Å². The number of phenolic OH excluding ortho intramolecular Hbond substituents is 1. The lowest BCUT2D eigenvalue weighted by Gasteiger charge is -2.26. The average molecular weight is 460 g/mol. The molecule has 6 heteroatoms. The number of carbonyl (C=O) groups excluding carboxylic acids is 1. The van der Waals surface area contributed by atoms with E-state index in [4.69, 9.17) is 9.47 Å². The largest absolute Gasteiger partial charge is 0.508 e. The summed E-state index contributed by atoms with van der Waals surface area (Å²) in [6.07, 6.45) is 0. The van der Waals surface area contributed by atoms with Crippen LogP contribution in [0.1, 0.15) is 15.2 Å². The molecule has 5 rings (SSSR count). The Balaban J connectivity index is 1.40. The van der Waals surface area contributed by atoms with Crippen molar-refractivity contribution in [1.29, 1.82) is 0 Å². The molecular weight excluding hydrogens is 434 g/mol. The number of benzene rings is 3. The Hall–Kier alpha value is -3.19. The van der Waals surface area contributed by atoms with E-state index in [1.165, 1.54) is 11.3 Å². The molecule has 33 heavy (non-hydrogen) atoms. The average Bonchev–Trinajstić information content (AvgIpc) is 3.25. The molecule has 3 aromatic carbocycles. The zero-order valence-electron chi connectivity index (χ0n) is 18.2. The van der Waals surface area contributed by atoms with Gasteiger partial charge in [-0.1, -0.05) is 30.3 Å². The molecule has 1 aromatic heterocycles. The van der Waals surface area contributed by atoms with Crippen molar-refractivity contribution in [2.24, 2.45) is 0 Å². The second kappa shape index (κ2) is 9.75. The first kappa shape index (κ1) is 21.6. The van der Waals surface area contributed by atoms with Gasteiger partial charge in [0.1, 0.15) is 18.1 Å². The third-order valence-electron chi connectivity index (χ3n) is 5.85. The van der Waals surface area contributed by atoms with E-state index in [1.54, 1.807) is 24.3 Å².